The maximum Gasteiger partial charge on any atom is 0.185 e. The molecule has 2 aromatic carbocycles. The number of carbonyl (C=O) groups is 1. The second-order valence-corrected chi connectivity index (χ2v) is 7.07. The third-order valence-electron chi connectivity index (χ3n) is 4.20. The zero-order valence-electron chi connectivity index (χ0n) is 15.3. The van der Waals surface area contributed by atoms with Crippen LogP contribution in [0.25, 0.3) is 0 Å². The van der Waals surface area contributed by atoms with Crippen molar-refractivity contribution in [2.45, 2.75) is 13.3 Å². The molecule has 27 heavy (non-hydrogen) atoms. The number of halogens is 2. The van der Waals surface area contributed by atoms with Crippen LogP contribution in [0.3, 0.4) is 0 Å². The fraction of sp³-hybridized carbons (Fsp3) is 0.300. The zero-order valence-corrected chi connectivity index (χ0v) is 17.8. The summed E-state index contributed by atoms with van der Waals surface area (Å²) in [5, 5.41) is 0.813. The zero-order chi connectivity index (χ0) is 18.5. The first-order valence-electron chi connectivity index (χ1n) is 8.47. The molecule has 0 bridgehead atoms. The molecule has 0 atom stereocenters. The normalized spacial score (nSPS) is 13.4. The first kappa shape index (κ1) is 21.4. The van der Waals surface area contributed by atoms with Gasteiger partial charge in [0.15, 0.2) is 11.0 Å². The molecule has 0 spiro atoms. The highest BCUT2D eigenvalue weighted by Gasteiger charge is 2.23. The Labute approximate surface area is 173 Å². The van der Waals surface area contributed by atoms with Crippen LogP contribution in [-0.2, 0) is 0 Å². The molecule has 1 aliphatic rings. The maximum atomic E-state index is 14.3. The fourth-order valence-electron chi connectivity index (χ4n) is 2.81. The van der Waals surface area contributed by atoms with Gasteiger partial charge in [-0.05, 0) is 37.1 Å². The summed E-state index contributed by atoms with van der Waals surface area (Å²) in [6.07, 6.45) is 1.02. The van der Waals surface area contributed by atoms with Crippen LogP contribution in [0, 0.1) is 12.7 Å². The van der Waals surface area contributed by atoms with Crippen molar-refractivity contribution in [3.8, 4) is 5.75 Å². The Morgan fingerprint density at radius 3 is 2.70 bits per heavy atom. The highest BCUT2D eigenvalue weighted by molar-refractivity contribution is 8.93. The number of aryl methyl sites for hydroxylation is 1. The van der Waals surface area contributed by atoms with Crippen molar-refractivity contribution < 1.29 is 13.9 Å². The summed E-state index contributed by atoms with van der Waals surface area (Å²) in [4.78, 5) is 19.3. The number of Topliss-reactive ketones (excluding diaryl/α,β-unsaturated/α-hetero) is 1. The summed E-state index contributed by atoms with van der Waals surface area (Å²) < 4.78 is 19.3. The number of carbonyl (C=O) groups excluding carboxylic acids is 1. The molecule has 1 heterocycles. The van der Waals surface area contributed by atoms with Gasteiger partial charge in [-0.25, -0.2) is 4.39 Å². The lowest BCUT2D eigenvalue weighted by atomic mass is 10.1. The summed E-state index contributed by atoms with van der Waals surface area (Å²) in [5.41, 5.74) is 2.03. The van der Waals surface area contributed by atoms with Gasteiger partial charge < -0.3 is 9.64 Å². The molecule has 0 amide bonds. The first-order chi connectivity index (χ1) is 12.6. The molecule has 0 fully saturated rings. The number of anilines is 1. The molecule has 7 heteroatoms. The van der Waals surface area contributed by atoms with Crippen LogP contribution in [-0.4, -0.2) is 36.9 Å². The van der Waals surface area contributed by atoms with Crippen LogP contribution in [0.1, 0.15) is 22.3 Å². The minimum Gasteiger partial charge on any atom is -0.497 e. The molecular formula is C20H22BrFN2O2S. The number of methoxy groups -OCH3 is 1. The van der Waals surface area contributed by atoms with Crippen molar-refractivity contribution in [1.82, 2.24) is 0 Å². The lowest BCUT2D eigenvalue weighted by molar-refractivity contribution is 0.0998. The third-order valence-corrected chi connectivity index (χ3v) is 5.30. The van der Waals surface area contributed by atoms with E-state index in [0.717, 1.165) is 35.1 Å². The van der Waals surface area contributed by atoms with Gasteiger partial charge in [-0.1, -0.05) is 30.0 Å². The Morgan fingerprint density at radius 1 is 1.30 bits per heavy atom. The quantitative estimate of drug-likeness (QED) is 0.604. The second-order valence-electron chi connectivity index (χ2n) is 6.01. The lowest BCUT2D eigenvalue weighted by Gasteiger charge is -2.28. The molecule has 2 aromatic rings. The maximum absolute atomic E-state index is 14.3. The van der Waals surface area contributed by atoms with E-state index < -0.39 is 5.82 Å². The summed E-state index contributed by atoms with van der Waals surface area (Å²) in [6.45, 7) is 2.78. The van der Waals surface area contributed by atoms with Crippen LogP contribution >= 0.6 is 28.7 Å². The van der Waals surface area contributed by atoms with Gasteiger partial charge >= 0.3 is 0 Å². The van der Waals surface area contributed by atoms with E-state index in [-0.39, 0.29) is 34.9 Å². The molecule has 0 saturated carbocycles. The van der Waals surface area contributed by atoms with Crippen LogP contribution in [0.15, 0.2) is 47.5 Å². The van der Waals surface area contributed by atoms with Crippen LogP contribution in [0.5, 0.6) is 5.75 Å². The SMILES string of the molecule is Br.COc1ccc(C(=O)CN(C2=NCCCS2)c2ccccc2C)c(F)c1. The van der Waals surface area contributed by atoms with Gasteiger partial charge in [-0.2, -0.15) is 0 Å². The van der Waals surface area contributed by atoms with Gasteiger partial charge in [0.2, 0.25) is 0 Å². The number of rotatable bonds is 5. The second kappa shape index (κ2) is 9.90. The van der Waals surface area contributed by atoms with Gasteiger partial charge in [-0.3, -0.25) is 9.79 Å². The highest BCUT2D eigenvalue weighted by Crippen LogP contribution is 2.26. The summed E-state index contributed by atoms with van der Waals surface area (Å²) >= 11 is 1.63. The topological polar surface area (TPSA) is 41.9 Å². The number of ether oxygens (including phenoxy) is 1. The average Bonchev–Trinajstić information content (AvgIpc) is 2.67. The van der Waals surface area contributed by atoms with E-state index >= 15 is 0 Å². The molecule has 4 nitrogen and oxygen atoms in total. The number of hydrogen-bond acceptors (Lipinski definition) is 5. The Morgan fingerprint density at radius 2 is 2.07 bits per heavy atom. The predicted octanol–water partition coefficient (Wildman–Crippen LogP) is 4.90. The van der Waals surface area contributed by atoms with Crippen molar-refractivity contribution in [2.75, 3.05) is 30.9 Å². The van der Waals surface area contributed by atoms with Crippen molar-refractivity contribution in [1.29, 1.82) is 0 Å². The minimum absolute atomic E-state index is 0. The first-order valence-corrected chi connectivity index (χ1v) is 9.46. The number of ketones is 1. The highest BCUT2D eigenvalue weighted by atomic mass is 79.9. The van der Waals surface area contributed by atoms with Gasteiger partial charge in [0.1, 0.15) is 11.6 Å². The van der Waals surface area contributed by atoms with Crippen LogP contribution in [0.2, 0.25) is 0 Å². The predicted molar refractivity (Wildman–Crippen MR) is 116 cm³/mol. The van der Waals surface area contributed by atoms with E-state index in [4.69, 9.17) is 4.74 Å². The number of nitrogens with zero attached hydrogens (tertiary/aromatic N) is 2. The van der Waals surface area contributed by atoms with E-state index in [1.807, 2.05) is 36.1 Å². The fourth-order valence-corrected chi connectivity index (χ4v) is 3.77. The van der Waals surface area contributed by atoms with Gasteiger partial charge in [0, 0.05) is 24.1 Å². The number of para-hydroxylation sites is 1. The Hall–Kier alpha value is -1.86. The molecule has 0 aliphatic carbocycles. The van der Waals surface area contributed by atoms with E-state index in [1.54, 1.807) is 17.8 Å². The smallest absolute Gasteiger partial charge is 0.185 e. The Kier molecular flexibility index (Phi) is 7.86. The summed E-state index contributed by atoms with van der Waals surface area (Å²) in [6, 6.07) is 12.2. The summed E-state index contributed by atoms with van der Waals surface area (Å²) in [7, 11) is 1.47. The standard InChI is InChI=1S/C20H21FN2O2S.BrH/c1-14-6-3-4-7-18(14)23(20-22-10-5-11-26-20)13-19(24)16-9-8-15(25-2)12-17(16)21;/h3-4,6-9,12H,5,10-11,13H2,1-2H3;1H. The molecule has 0 N–H and O–H groups in total. The van der Waals surface area contributed by atoms with E-state index in [9.17, 15) is 9.18 Å². The van der Waals surface area contributed by atoms with Crippen LogP contribution in [0.4, 0.5) is 10.1 Å². The average molecular weight is 453 g/mol. The number of aliphatic imine (C=N–C) groups is 1. The lowest BCUT2D eigenvalue weighted by Crippen LogP contribution is -2.36. The van der Waals surface area contributed by atoms with E-state index in [2.05, 4.69) is 4.99 Å². The molecule has 1 aliphatic heterocycles. The van der Waals surface area contributed by atoms with Crippen molar-refractivity contribution >= 4 is 45.4 Å². The summed E-state index contributed by atoms with van der Waals surface area (Å²) in [5.74, 6) is 0.494. The molecular weight excluding hydrogens is 431 g/mol. The largest absolute Gasteiger partial charge is 0.497 e. The number of amidine groups is 1. The van der Waals surface area contributed by atoms with Crippen molar-refractivity contribution in [2.24, 2.45) is 4.99 Å². The Balaban J connectivity index is 0.00000261. The monoisotopic (exact) mass is 452 g/mol. The van der Waals surface area contributed by atoms with Gasteiger partial charge in [0.25, 0.3) is 0 Å². The third kappa shape index (κ3) is 5.11. The van der Waals surface area contributed by atoms with Gasteiger partial charge in [0.05, 0.1) is 19.2 Å². The van der Waals surface area contributed by atoms with Gasteiger partial charge in [-0.15, -0.1) is 17.0 Å². The molecule has 0 saturated heterocycles. The number of hydrogen-bond donors (Lipinski definition) is 0. The van der Waals surface area contributed by atoms with Crippen molar-refractivity contribution in [3.05, 3.63) is 59.4 Å². The molecule has 3 rings (SSSR count). The van der Waals surface area contributed by atoms with E-state index in [1.165, 1.54) is 19.2 Å². The van der Waals surface area contributed by atoms with Crippen molar-refractivity contribution in [3.63, 3.8) is 0 Å². The van der Waals surface area contributed by atoms with E-state index in [0.29, 0.717) is 5.75 Å². The number of benzene rings is 2. The minimum atomic E-state index is -0.572. The molecule has 0 aromatic heterocycles. The molecule has 144 valence electrons. The molecule has 0 radical (unpaired) electrons. The van der Waals surface area contributed by atoms with Crippen LogP contribution < -0.4 is 9.64 Å². The molecule has 0 unspecified atom stereocenters. The Bertz CT molecular complexity index is 844. The number of thioether (sulfide) groups is 1.